The lowest BCUT2D eigenvalue weighted by molar-refractivity contribution is -0.146. The molecule has 1 aliphatic heterocycles. The molecule has 0 bridgehead atoms. The maximum Gasteiger partial charge on any atom is 0.327 e. The molecule has 1 N–H and O–H groups in total. The molecule has 2 rings (SSSR count). The molecule has 0 saturated carbocycles. The van der Waals surface area contributed by atoms with Crippen LogP contribution in [0.4, 0.5) is 0 Å². The van der Waals surface area contributed by atoms with Crippen molar-refractivity contribution in [1.29, 1.82) is 0 Å². The van der Waals surface area contributed by atoms with Crippen LogP contribution in [0.25, 0.3) is 6.08 Å². The minimum atomic E-state index is -1.05. The van der Waals surface area contributed by atoms with Gasteiger partial charge in [0, 0.05) is 4.47 Å². The van der Waals surface area contributed by atoms with Crippen LogP contribution in [0.2, 0.25) is 0 Å². The Bertz CT molecular complexity index is 673. The Balaban J connectivity index is 2.34. The predicted molar refractivity (Wildman–Crippen MR) is 95.4 cm³/mol. The third-order valence-electron chi connectivity index (χ3n) is 3.13. The number of halogens is 1. The summed E-state index contributed by atoms with van der Waals surface area (Å²) >= 11 is 9.72. The van der Waals surface area contributed by atoms with Gasteiger partial charge in [-0.25, -0.2) is 4.79 Å². The van der Waals surface area contributed by atoms with E-state index in [1.54, 1.807) is 19.9 Å². The lowest BCUT2D eigenvalue weighted by Gasteiger charge is -2.26. The first-order chi connectivity index (χ1) is 10.3. The number of benzene rings is 1. The first-order valence-corrected chi connectivity index (χ1v) is 8.58. The highest BCUT2D eigenvalue weighted by molar-refractivity contribution is 9.10. The average molecular weight is 400 g/mol. The van der Waals surface area contributed by atoms with Crippen molar-refractivity contribution in [2.75, 3.05) is 0 Å². The van der Waals surface area contributed by atoms with E-state index < -0.39 is 12.0 Å². The molecule has 1 heterocycles. The van der Waals surface area contributed by atoms with E-state index in [9.17, 15) is 14.7 Å². The van der Waals surface area contributed by atoms with E-state index in [4.69, 9.17) is 12.2 Å². The Labute approximate surface area is 146 Å². The molecule has 22 heavy (non-hydrogen) atoms. The van der Waals surface area contributed by atoms with Crippen molar-refractivity contribution in [3.05, 3.63) is 39.2 Å². The van der Waals surface area contributed by atoms with Crippen molar-refractivity contribution in [3.63, 3.8) is 0 Å². The zero-order valence-electron chi connectivity index (χ0n) is 11.9. The lowest BCUT2D eigenvalue weighted by atomic mass is 10.0. The van der Waals surface area contributed by atoms with E-state index >= 15 is 0 Å². The Hall–Kier alpha value is -1.18. The Morgan fingerprint density at radius 3 is 2.68 bits per heavy atom. The van der Waals surface area contributed by atoms with E-state index in [-0.39, 0.29) is 16.1 Å². The maximum atomic E-state index is 12.5. The summed E-state index contributed by atoms with van der Waals surface area (Å²) in [6.45, 7) is 3.52. The van der Waals surface area contributed by atoms with Gasteiger partial charge < -0.3 is 5.11 Å². The topological polar surface area (TPSA) is 57.6 Å². The highest BCUT2D eigenvalue weighted by atomic mass is 79.9. The summed E-state index contributed by atoms with van der Waals surface area (Å²) < 4.78 is 1.19. The second-order valence-corrected chi connectivity index (χ2v) is 7.73. The first kappa shape index (κ1) is 17.2. The van der Waals surface area contributed by atoms with Crippen molar-refractivity contribution in [2.24, 2.45) is 5.92 Å². The average Bonchev–Trinajstić information content (AvgIpc) is 2.66. The van der Waals surface area contributed by atoms with Gasteiger partial charge in [0.2, 0.25) is 0 Å². The summed E-state index contributed by atoms with van der Waals surface area (Å²) in [5.41, 5.74) is 0.853. The van der Waals surface area contributed by atoms with Gasteiger partial charge in [0.05, 0.1) is 4.91 Å². The number of thiocarbonyl (C=S) groups is 1. The van der Waals surface area contributed by atoms with Crippen molar-refractivity contribution in [3.8, 4) is 0 Å². The number of nitrogens with zero attached hydrogens (tertiary/aromatic N) is 1. The molecule has 116 valence electrons. The number of carbonyl (C=O) groups is 2. The van der Waals surface area contributed by atoms with Gasteiger partial charge in [-0.2, -0.15) is 0 Å². The predicted octanol–water partition coefficient (Wildman–Crippen LogP) is 3.76. The Kier molecular flexibility index (Phi) is 5.41. The van der Waals surface area contributed by atoms with Gasteiger partial charge in [-0.1, -0.05) is 65.9 Å². The van der Waals surface area contributed by atoms with Crippen molar-refractivity contribution in [2.45, 2.75) is 19.9 Å². The normalized spacial score (nSPS) is 18.4. The molecule has 1 aromatic rings. The summed E-state index contributed by atoms with van der Waals surface area (Å²) in [6.07, 6.45) is 1.73. The monoisotopic (exact) mass is 399 g/mol. The van der Waals surface area contributed by atoms with E-state index in [2.05, 4.69) is 15.9 Å². The summed E-state index contributed by atoms with van der Waals surface area (Å²) in [7, 11) is 0. The number of aliphatic carboxylic acids is 1. The summed E-state index contributed by atoms with van der Waals surface area (Å²) in [4.78, 5) is 25.6. The molecule has 1 fully saturated rings. The molecule has 0 spiro atoms. The van der Waals surface area contributed by atoms with Gasteiger partial charge in [-0.15, -0.1) is 0 Å². The minimum absolute atomic E-state index is 0.231. The summed E-state index contributed by atoms with van der Waals surface area (Å²) in [6, 6.07) is 6.56. The lowest BCUT2D eigenvalue weighted by Crippen LogP contribution is -2.47. The molecule has 0 aromatic heterocycles. The summed E-state index contributed by atoms with van der Waals surface area (Å²) in [5.74, 6) is -1.63. The van der Waals surface area contributed by atoms with Crippen LogP contribution in [0.15, 0.2) is 33.6 Å². The Morgan fingerprint density at radius 1 is 1.45 bits per heavy atom. The van der Waals surface area contributed by atoms with Crippen LogP contribution in [0.1, 0.15) is 19.4 Å². The fourth-order valence-corrected chi connectivity index (χ4v) is 3.91. The third kappa shape index (κ3) is 3.59. The van der Waals surface area contributed by atoms with Gasteiger partial charge >= 0.3 is 5.97 Å². The van der Waals surface area contributed by atoms with Gasteiger partial charge in [-0.05, 0) is 29.7 Å². The molecule has 1 saturated heterocycles. The molecular weight excluding hydrogens is 386 g/mol. The zero-order valence-corrected chi connectivity index (χ0v) is 15.2. The smallest absolute Gasteiger partial charge is 0.327 e. The summed E-state index contributed by atoms with van der Waals surface area (Å²) in [5, 5.41) is 9.36. The molecule has 1 unspecified atom stereocenters. The van der Waals surface area contributed by atoms with Gasteiger partial charge in [0.1, 0.15) is 10.4 Å². The molecule has 1 aromatic carbocycles. The van der Waals surface area contributed by atoms with Crippen molar-refractivity contribution < 1.29 is 14.7 Å². The van der Waals surface area contributed by atoms with Crippen LogP contribution < -0.4 is 0 Å². The van der Waals surface area contributed by atoms with Crippen LogP contribution in [0.5, 0.6) is 0 Å². The van der Waals surface area contributed by atoms with E-state index in [0.29, 0.717) is 4.91 Å². The quantitative estimate of drug-likeness (QED) is 0.616. The second kappa shape index (κ2) is 6.93. The minimum Gasteiger partial charge on any atom is -0.480 e. The maximum absolute atomic E-state index is 12.5. The molecule has 7 heteroatoms. The largest absolute Gasteiger partial charge is 0.480 e. The number of hydrogen-bond donors (Lipinski definition) is 1. The van der Waals surface area contributed by atoms with Gasteiger partial charge in [-0.3, -0.25) is 9.69 Å². The molecule has 0 radical (unpaired) electrons. The van der Waals surface area contributed by atoms with Crippen LogP contribution in [-0.2, 0) is 9.59 Å². The van der Waals surface area contributed by atoms with Gasteiger partial charge in [0.25, 0.3) is 5.91 Å². The van der Waals surface area contributed by atoms with Crippen LogP contribution in [0, 0.1) is 5.92 Å². The van der Waals surface area contributed by atoms with Crippen molar-refractivity contribution in [1.82, 2.24) is 4.90 Å². The fourth-order valence-electron chi connectivity index (χ4n) is 2.16. The van der Waals surface area contributed by atoms with Crippen molar-refractivity contribution >= 4 is 62.2 Å². The van der Waals surface area contributed by atoms with Gasteiger partial charge in [0.15, 0.2) is 0 Å². The third-order valence-corrected chi connectivity index (χ3v) is 4.96. The Morgan fingerprint density at radius 2 is 2.14 bits per heavy atom. The number of amides is 1. The van der Waals surface area contributed by atoms with Crippen LogP contribution >= 0.6 is 39.9 Å². The SMILES string of the molecule is CC(C)C(C(=O)O)N1C(=O)/C(=C\c2cccc(Br)c2)SC1=S. The fraction of sp³-hybridized carbons (Fsp3) is 0.267. The van der Waals surface area contributed by atoms with E-state index in [0.717, 1.165) is 21.8 Å². The number of carboxylic acid groups (broad SMARTS) is 1. The number of carbonyl (C=O) groups excluding carboxylic acids is 1. The zero-order chi connectivity index (χ0) is 16.4. The second-order valence-electron chi connectivity index (χ2n) is 5.13. The first-order valence-electron chi connectivity index (χ1n) is 6.56. The standard InChI is InChI=1S/C15H14BrNO3S2/c1-8(2)12(14(19)20)17-13(18)11(22-15(17)21)7-9-4-3-5-10(16)6-9/h3-8,12H,1-2H3,(H,19,20)/b11-7+. The number of carboxylic acids is 1. The molecule has 1 aliphatic rings. The van der Waals surface area contributed by atoms with E-state index in [1.165, 1.54) is 4.90 Å². The molecule has 1 atom stereocenters. The molecular formula is C15H14BrNO3S2. The number of hydrogen-bond acceptors (Lipinski definition) is 4. The van der Waals surface area contributed by atoms with E-state index in [1.807, 2.05) is 24.3 Å². The molecule has 1 amide bonds. The number of rotatable bonds is 4. The number of thioether (sulfide) groups is 1. The van der Waals surface area contributed by atoms with Crippen LogP contribution in [-0.4, -0.2) is 32.2 Å². The molecule has 0 aliphatic carbocycles. The highest BCUT2D eigenvalue weighted by Gasteiger charge is 2.41. The van der Waals surface area contributed by atoms with Crippen LogP contribution in [0.3, 0.4) is 0 Å². The highest BCUT2D eigenvalue weighted by Crippen LogP contribution is 2.35. The molecule has 4 nitrogen and oxygen atoms in total.